The van der Waals surface area contributed by atoms with Crippen LogP contribution in [-0.4, -0.2) is 29.9 Å². The van der Waals surface area contributed by atoms with Crippen LogP contribution in [0.4, 0.5) is 5.69 Å². The van der Waals surface area contributed by atoms with Crippen molar-refractivity contribution in [3.05, 3.63) is 113 Å². The maximum Gasteiger partial charge on any atom is 0.278 e. The fourth-order valence-corrected chi connectivity index (χ4v) is 4.51. The van der Waals surface area contributed by atoms with Gasteiger partial charge in [0.05, 0.1) is 12.1 Å². The van der Waals surface area contributed by atoms with Gasteiger partial charge in [-0.25, -0.2) is 0 Å². The van der Waals surface area contributed by atoms with Gasteiger partial charge in [0.2, 0.25) is 0 Å². The molecular formula is C30H26N2O3. The number of nitrogens with one attached hydrogen (secondary N) is 1. The van der Waals surface area contributed by atoms with E-state index < -0.39 is 0 Å². The second kappa shape index (κ2) is 9.47. The molecular weight excluding hydrogens is 436 g/mol. The van der Waals surface area contributed by atoms with E-state index in [4.69, 9.17) is 4.74 Å². The van der Waals surface area contributed by atoms with Gasteiger partial charge in [-0.3, -0.25) is 14.5 Å². The Morgan fingerprint density at radius 2 is 1.46 bits per heavy atom. The van der Waals surface area contributed by atoms with Crippen molar-refractivity contribution in [2.24, 2.45) is 0 Å². The van der Waals surface area contributed by atoms with Crippen molar-refractivity contribution in [1.82, 2.24) is 4.90 Å². The summed E-state index contributed by atoms with van der Waals surface area (Å²) in [6.07, 6.45) is 0. The molecule has 0 bridgehead atoms. The zero-order valence-electron chi connectivity index (χ0n) is 19.7. The number of imide groups is 1. The van der Waals surface area contributed by atoms with Crippen LogP contribution in [0.15, 0.2) is 96.7 Å². The predicted octanol–water partition coefficient (Wildman–Crippen LogP) is 5.73. The van der Waals surface area contributed by atoms with Crippen LogP contribution >= 0.6 is 0 Å². The Kier molecular flexibility index (Phi) is 6.06. The molecule has 1 aliphatic heterocycles. The van der Waals surface area contributed by atoms with Crippen LogP contribution in [0.1, 0.15) is 16.7 Å². The van der Waals surface area contributed by atoms with Gasteiger partial charge < -0.3 is 10.1 Å². The molecule has 0 aromatic heterocycles. The van der Waals surface area contributed by atoms with Gasteiger partial charge in [0.1, 0.15) is 18.1 Å². The molecule has 0 atom stereocenters. The molecule has 4 aromatic carbocycles. The third kappa shape index (κ3) is 4.53. The smallest absolute Gasteiger partial charge is 0.278 e. The summed E-state index contributed by atoms with van der Waals surface area (Å²) in [6.45, 7) is 4.38. The van der Waals surface area contributed by atoms with E-state index >= 15 is 0 Å². The number of hydrogen-bond acceptors (Lipinski definition) is 4. The maximum atomic E-state index is 13.5. The van der Waals surface area contributed by atoms with Crippen molar-refractivity contribution < 1.29 is 14.3 Å². The third-order valence-corrected chi connectivity index (χ3v) is 6.06. The summed E-state index contributed by atoms with van der Waals surface area (Å²) in [5.74, 6) is 0.0470. The van der Waals surface area contributed by atoms with Crippen molar-refractivity contribution in [2.45, 2.75) is 13.8 Å². The number of benzene rings is 4. The van der Waals surface area contributed by atoms with Crippen molar-refractivity contribution in [3.63, 3.8) is 0 Å². The summed E-state index contributed by atoms with van der Waals surface area (Å²) in [4.78, 5) is 28.3. The van der Waals surface area contributed by atoms with E-state index in [1.807, 2.05) is 98.8 Å². The molecule has 5 heteroatoms. The number of ether oxygens (including phenoxy) is 1. The summed E-state index contributed by atoms with van der Waals surface area (Å²) in [5.41, 5.74) is 4.33. The van der Waals surface area contributed by atoms with Crippen LogP contribution < -0.4 is 10.1 Å². The lowest BCUT2D eigenvalue weighted by molar-refractivity contribution is -0.137. The molecule has 35 heavy (non-hydrogen) atoms. The summed E-state index contributed by atoms with van der Waals surface area (Å²) in [5, 5.41) is 5.32. The highest BCUT2D eigenvalue weighted by molar-refractivity contribution is 6.36. The Balaban J connectivity index is 1.44. The van der Waals surface area contributed by atoms with Crippen molar-refractivity contribution >= 4 is 33.8 Å². The zero-order valence-corrected chi connectivity index (χ0v) is 19.7. The van der Waals surface area contributed by atoms with Gasteiger partial charge >= 0.3 is 0 Å². The molecule has 5 rings (SSSR count). The lowest BCUT2D eigenvalue weighted by atomic mass is 10.0. The third-order valence-electron chi connectivity index (χ3n) is 6.06. The van der Waals surface area contributed by atoms with Gasteiger partial charge in [0, 0.05) is 11.1 Å². The van der Waals surface area contributed by atoms with Crippen LogP contribution in [0, 0.1) is 13.8 Å². The molecule has 0 aliphatic carbocycles. The normalized spacial score (nSPS) is 13.6. The van der Waals surface area contributed by atoms with E-state index in [0.717, 1.165) is 33.3 Å². The van der Waals surface area contributed by atoms with Gasteiger partial charge in [-0.05, 0) is 54.1 Å². The van der Waals surface area contributed by atoms with Crippen LogP contribution in [0.5, 0.6) is 5.75 Å². The molecule has 1 N–H and O–H groups in total. The first-order chi connectivity index (χ1) is 17.0. The average molecular weight is 463 g/mol. The maximum absolute atomic E-state index is 13.5. The molecule has 174 valence electrons. The van der Waals surface area contributed by atoms with Crippen LogP contribution in [0.3, 0.4) is 0 Å². The SMILES string of the molecule is Cc1cc(C)cc(OCCN2C(=O)C(Nc3cccc4ccccc34)=C(c3ccccc3)C2=O)c1. The Morgan fingerprint density at radius 1 is 0.771 bits per heavy atom. The number of nitrogens with zero attached hydrogens (tertiary/aromatic N) is 1. The standard InChI is InChI=1S/C30H26N2O3/c1-20-17-21(2)19-24(18-20)35-16-15-32-29(33)27(23-10-4-3-5-11-23)28(30(32)34)31-26-14-8-12-22-9-6-7-13-25(22)26/h3-14,17-19,31H,15-16H2,1-2H3. The fraction of sp³-hybridized carbons (Fsp3) is 0.133. The molecule has 0 spiro atoms. The molecule has 5 nitrogen and oxygen atoms in total. The van der Waals surface area contributed by atoms with E-state index in [2.05, 4.69) is 11.4 Å². The van der Waals surface area contributed by atoms with Gasteiger partial charge in [0.25, 0.3) is 11.8 Å². The number of fused-ring (bicyclic) bond motifs is 1. The number of aryl methyl sites for hydroxylation is 2. The number of carbonyl (C=O) groups excluding carboxylic acids is 2. The highest BCUT2D eigenvalue weighted by Crippen LogP contribution is 2.32. The van der Waals surface area contributed by atoms with Crippen LogP contribution in [-0.2, 0) is 9.59 Å². The van der Waals surface area contributed by atoms with Crippen molar-refractivity contribution in [1.29, 1.82) is 0 Å². The monoisotopic (exact) mass is 462 g/mol. The van der Waals surface area contributed by atoms with Crippen molar-refractivity contribution in [2.75, 3.05) is 18.5 Å². The first kappa shape index (κ1) is 22.4. The topological polar surface area (TPSA) is 58.6 Å². The molecule has 1 aliphatic rings. The van der Waals surface area contributed by atoms with E-state index in [1.54, 1.807) is 0 Å². The minimum atomic E-state index is -0.356. The number of carbonyl (C=O) groups is 2. The van der Waals surface area contributed by atoms with E-state index in [-0.39, 0.29) is 30.7 Å². The summed E-state index contributed by atoms with van der Waals surface area (Å²) >= 11 is 0. The fourth-order valence-electron chi connectivity index (χ4n) is 4.51. The van der Waals surface area contributed by atoms with E-state index in [9.17, 15) is 9.59 Å². The summed E-state index contributed by atoms with van der Waals surface area (Å²) in [6, 6.07) is 29.1. The summed E-state index contributed by atoms with van der Waals surface area (Å²) < 4.78 is 5.89. The number of hydrogen-bond donors (Lipinski definition) is 1. The van der Waals surface area contributed by atoms with Crippen LogP contribution in [0.25, 0.3) is 16.3 Å². The van der Waals surface area contributed by atoms with Crippen molar-refractivity contribution in [3.8, 4) is 5.75 Å². The second-order valence-corrected chi connectivity index (χ2v) is 8.70. The molecule has 0 unspecified atom stereocenters. The first-order valence-corrected chi connectivity index (χ1v) is 11.6. The number of amides is 2. The zero-order chi connectivity index (χ0) is 24.4. The lowest BCUT2D eigenvalue weighted by Crippen LogP contribution is -2.36. The predicted molar refractivity (Wildman–Crippen MR) is 139 cm³/mol. The van der Waals surface area contributed by atoms with Crippen LogP contribution in [0.2, 0.25) is 0 Å². The lowest BCUT2D eigenvalue weighted by Gasteiger charge is -2.16. The van der Waals surface area contributed by atoms with E-state index in [1.165, 1.54) is 4.90 Å². The molecule has 0 saturated carbocycles. The number of rotatable bonds is 7. The average Bonchev–Trinajstić information content (AvgIpc) is 3.08. The van der Waals surface area contributed by atoms with Gasteiger partial charge in [-0.15, -0.1) is 0 Å². The molecule has 0 fully saturated rings. The Morgan fingerprint density at radius 3 is 2.23 bits per heavy atom. The Labute approximate surface area is 204 Å². The second-order valence-electron chi connectivity index (χ2n) is 8.70. The van der Waals surface area contributed by atoms with Gasteiger partial charge in [-0.2, -0.15) is 0 Å². The highest BCUT2D eigenvalue weighted by atomic mass is 16.5. The largest absolute Gasteiger partial charge is 0.492 e. The minimum Gasteiger partial charge on any atom is -0.492 e. The van der Waals surface area contributed by atoms with E-state index in [0.29, 0.717) is 11.1 Å². The summed E-state index contributed by atoms with van der Waals surface area (Å²) in [7, 11) is 0. The van der Waals surface area contributed by atoms with Gasteiger partial charge in [-0.1, -0.05) is 72.8 Å². The number of anilines is 1. The molecule has 1 heterocycles. The Hall–Kier alpha value is -4.38. The highest BCUT2D eigenvalue weighted by Gasteiger charge is 2.39. The molecule has 0 saturated heterocycles. The molecule has 2 amide bonds. The Bertz CT molecular complexity index is 1430. The van der Waals surface area contributed by atoms with Gasteiger partial charge in [0.15, 0.2) is 0 Å². The minimum absolute atomic E-state index is 0.154. The molecule has 4 aromatic rings. The first-order valence-electron chi connectivity index (χ1n) is 11.6. The molecule has 0 radical (unpaired) electrons. The quantitative estimate of drug-likeness (QED) is 0.357.